The van der Waals surface area contributed by atoms with Crippen molar-refractivity contribution in [1.82, 2.24) is 4.90 Å². The van der Waals surface area contributed by atoms with Crippen LogP contribution in [0.15, 0.2) is 29.3 Å². The Balaban J connectivity index is 1.24. The lowest BCUT2D eigenvalue weighted by molar-refractivity contribution is -0.116. The summed E-state index contributed by atoms with van der Waals surface area (Å²) in [4.78, 5) is 20.6. The first-order valence-corrected chi connectivity index (χ1v) is 12.9. The van der Waals surface area contributed by atoms with Crippen LogP contribution in [0.4, 0.5) is 5.69 Å². The summed E-state index contributed by atoms with van der Waals surface area (Å²) in [6.07, 6.45) is 9.84. The van der Waals surface area contributed by atoms with Gasteiger partial charge in [0.25, 0.3) is 0 Å². The molecule has 4 nitrogen and oxygen atoms in total. The van der Waals surface area contributed by atoms with Gasteiger partial charge in [-0.25, -0.2) is 0 Å². The van der Waals surface area contributed by atoms with Crippen LogP contribution in [0.25, 0.3) is 0 Å². The molecule has 0 radical (unpaired) electrons. The van der Waals surface area contributed by atoms with E-state index in [4.69, 9.17) is 4.99 Å². The predicted molar refractivity (Wildman–Crippen MR) is 126 cm³/mol. The highest BCUT2D eigenvalue weighted by atomic mass is 32.2. The molecule has 1 unspecified atom stereocenters. The minimum Gasteiger partial charge on any atom is -0.347 e. The van der Waals surface area contributed by atoms with Crippen molar-refractivity contribution in [2.45, 2.75) is 76.8 Å². The minimum atomic E-state index is 0.111. The number of nitrogens with zero attached hydrogens (tertiary/aromatic N) is 2. The number of aliphatic imine (C=N–C) groups is 1. The molecule has 4 bridgehead atoms. The second-order valence-corrected chi connectivity index (χ2v) is 11.1. The van der Waals surface area contributed by atoms with E-state index in [0.717, 1.165) is 42.2 Å². The summed E-state index contributed by atoms with van der Waals surface area (Å²) < 4.78 is 0. The lowest BCUT2D eigenvalue weighted by Gasteiger charge is -2.55. The van der Waals surface area contributed by atoms with Gasteiger partial charge in [-0.1, -0.05) is 30.8 Å². The highest BCUT2D eigenvalue weighted by Gasteiger charge is 2.51. The zero-order valence-corrected chi connectivity index (χ0v) is 19.2. The van der Waals surface area contributed by atoms with Crippen LogP contribution < -0.4 is 5.32 Å². The smallest absolute Gasteiger partial charge is 0.226 e. The van der Waals surface area contributed by atoms with E-state index in [1.165, 1.54) is 49.3 Å². The second kappa shape index (κ2) is 8.22. The first-order chi connectivity index (χ1) is 14.6. The zero-order valence-electron chi connectivity index (χ0n) is 18.4. The Labute approximate surface area is 185 Å². The van der Waals surface area contributed by atoms with Crippen molar-refractivity contribution in [2.75, 3.05) is 17.6 Å². The van der Waals surface area contributed by atoms with Gasteiger partial charge in [0.15, 0.2) is 5.17 Å². The number of benzene rings is 1. The summed E-state index contributed by atoms with van der Waals surface area (Å²) in [5.74, 6) is 3.84. The van der Waals surface area contributed by atoms with E-state index >= 15 is 0 Å². The Hall–Kier alpha value is -1.49. The van der Waals surface area contributed by atoms with E-state index in [2.05, 4.69) is 36.2 Å². The Kier molecular flexibility index (Phi) is 5.59. The molecule has 1 aromatic carbocycles. The van der Waals surface area contributed by atoms with Gasteiger partial charge in [-0.3, -0.25) is 9.79 Å². The molecule has 5 fully saturated rings. The summed E-state index contributed by atoms with van der Waals surface area (Å²) in [5, 5.41) is 4.30. The molecule has 5 aliphatic rings. The van der Waals surface area contributed by atoms with Crippen molar-refractivity contribution in [3.05, 3.63) is 29.8 Å². The molecule has 30 heavy (non-hydrogen) atoms. The molecular formula is C25H35N3OS. The molecule has 1 aromatic rings. The van der Waals surface area contributed by atoms with Crippen molar-refractivity contribution in [3.8, 4) is 0 Å². The van der Waals surface area contributed by atoms with Crippen LogP contribution in [0.2, 0.25) is 0 Å². The highest BCUT2D eigenvalue weighted by Crippen LogP contribution is 2.57. The number of amides is 1. The third-order valence-electron chi connectivity index (χ3n) is 7.84. The second-order valence-electron chi connectivity index (χ2n) is 10.1. The SMILES string of the molecule is CCc1ccc(NC(=O)CC2CSC(=NC34CC5CC(CC(C5)C3)C4)N2CC)cc1. The molecule has 4 aliphatic carbocycles. The van der Waals surface area contributed by atoms with E-state index in [9.17, 15) is 4.79 Å². The fourth-order valence-electron chi connectivity index (χ4n) is 6.81. The predicted octanol–water partition coefficient (Wildman–Crippen LogP) is 5.34. The number of thioether (sulfide) groups is 1. The van der Waals surface area contributed by atoms with Crippen LogP contribution >= 0.6 is 11.8 Å². The zero-order chi connectivity index (χ0) is 20.7. The number of hydrogen-bond acceptors (Lipinski definition) is 3. The largest absolute Gasteiger partial charge is 0.347 e. The van der Waals surface area contributed by atoms with Crippen LogP contribution in [-0.2, 0) is 11.2 Å². The van der Waals surface area contributed by atoms with Crippen molar-refractivity contribution < 1.29 is 4.79 Å². The summed E-state index contributed by atoms with van der Waals surface area (Å²) in [6, 6.07) is 8.46. The summed E-state index contributed by atoms with van der Waals surface area (Å²) >= 11 is 1.88. The summed E-state index contributed by atoms with van der Waals surface area (Å²) in [5.41, 5.74) is 2.40. The molecule has 1 heterocycles. The maximum atomic E-state index is 12.7. The van der Waals surface area contributed by atoms with E-state index in [1.807, 2.05) is 23.9 Å². The third-order valence-corrected chi connectivity index (χ3v) is 8.97. The topological polar surface area (TPSA) is 44.7 Å². The van der Waals surface area contributed by atoms with Crippen LogP contribution in [0.5, 0.6) is 0 Å². The van der Waals surface area contributed by atoms with Gasteiger partial charge < -0.3 is 10.2 Å². The van der Waals surface area contributed by atoms with Crippen LogP contribution in [0.3, 0.4) is 0 Å². The number of rotatable bonds is 6. The quantitative estimate of drug-likeness (QED) is 0.669. The highest BCUT2D eigenvalue weighted by molar-refractivity contribution is 8.14. The lowest BCUT2D eigenvalue weighted by atomic mass is 9.53. The molecule has 4 saturated carbocycles. The van der Waals surface area contributed by atoms with E-state index in [0.29, 0.717) is 6.42 Å². The third kappa shape index (κ3) is 4.02. The number of aryl methyl sites for hydroxylation is 1. The van der Waals surface area contributed by atoms with Gasteiger partial charge in [-0.2, -0.15) is 0 Å². The number of anilines is 1. The van der Waals surface area contributed by atoms with Gasteiger partial charge in [0.05, 0.1) is 5.54 Å². The van der Waals surface area contributed by atoms with Crippen molar-refractivity contribution >= 4 is 28.5 Å². The van der Waals surface area contributed by atoms with Crippen LogP contribution in [0, 0.1) is 17.8 Å². The molecule has 1 aliphatic heterocycles. The molecule has 6 rings (SSSR count). The van der Waals surface area contributed by atoms with Crippen molar-refractivity contribution in [3.63, 3.8) is 0 Å². The lowest BCUT2D eigenvalue weighted by Crippen LogP contribution is -2.50. The number of carbonyl (C=O) groups is 1. The summed E-state index contributed by atoms with van der Waals surface area (Å²) in [6.45, 7) is 5.28. The molecule has 1 saturated heterocycles. The number of carbonyl (C=O) groups excluding carboxylic acids is 1. The average Bonchev–Trinajstić information content (AvgIpc) is 3.07. The van der Waals surface area contributed by atoms with Crippen LogP contribution in [-0.4, -0.2) is 39.9 Å². The number of hydrogen-bond donors (Lipinski definition) is 1. The Morgan fingerprint density at radius 1 is 1.10 bits per heavy atom. The normalized spacial score (nSPS) is 35.9. The Morgan fingerprint density at radius 2 is 1.73 bits per heavy atom. The number of amidine groups is 1. The van der Waals surface area contributed by atoms with Crippen molar-refractivity contribution in [1.29, 1.82) is 0 Å². The monoisotopic (exact) mass is 425 g/mol. The van der Waals surface area contributed by atoms with Gasteiger partial charge in [0.2, 0.25) is 5.91 Å². The summed E-state index contributed by atoms with van der Waals surface area (Å²) in [7, 11) is 0. The number of nitrogens with one attached hydrogen (secondary N) is 1. The maximum Gasteiger partial charge on any atom is 0.226 e. The van der Waals surface area contributed by atoms with Crippen LogP contribution in [0.1, 0.15) is 64.4 Å². The van der Waals surface area contributed by atoms with Gasteiger partial charge in [0.1, 0.15) is 0 Å². The van der Waals surface area contributed by atoms with E-state index in [-0.39, 0.29) is 17.5 Å². The minimum absolute atomic E-state index is 0.111. The van der Waals surface area contributed by atoms with Gasteiger partial charge in [-0.05, 0) is 87.3 Å². The van der Waals surface area contributed by atoms with Gasteiger partial charge in [-0.15, -0.1) is 0 Å². The first kappa shape index (κ1) is 20.4. The standard InChI is InChI=1S/C25H35N3OS/c1-3-17-5-7-21(8-6-17)26-23(29)12-22-16-30-24(28(22)4-2)27-25-13-18-9-19(14-25)11-20(10-18)15-25/h5-8,18-20,22H,3-4,9-16H2,1-2H3,(H,26,29). The maximum absolute atomic E-state index is 12.7. The van der Waals surface area contributed by atoms with Crippen molar-refractivity contribution in [2.24, 2.45) is 22.7 Å². The molecule has 162 valence electrons. The Bertz CT molecular complexity index is 783. The average molecular weight is 426 g/mol. The first-order valence-electron chi connectivity index (χ1n) is 11.9. The van der Waals surface area contributed by atoms with E-state index < -0.39 is 0 Å². The fraction of sp³-hybridized carbons (Fsp3) is 0.680. The molecule has 1 N–H and O–H groups in total. The van der Waals surface area contributed by atoms with Gasteiger partial charge >= 0.3 is 0 Å². The van der Waals surface area contributed by atoms with Gasteiger partial charge in [0, 0.05) is 30.4 Å². The van der Waals surface area contributed by atoms with E-state index in [1.54, 1.807) is 0 Å². The Morgan fingerprint density at radius 3 is 2.30 bits per heavy atom. The molecular weight excluding hydrogens is 390 g/mol. The molecule has 1 atom stereocenters. The molecule has 0 spiro atoms. The molecule has 0 aromatic heterocycles. The molecule has 1 amide bonds. The fourth-order valence-corrected chi connectivity index (χ4v) is 8.15. The molecule has 5 heteroatoms.